The van der Waals surface area contributed by atoms with Gasteiger partial charge in [0.15, 0.2) is 5.82 Å². The van der Waals surface area contributed by atoms with Crippen LogP contribution in [0.15, 0.2) is 67.0 Å². The highest BCUT2D eigenvalue weighted by molar-refractivity contribution is 7.71. The number of aromatic nitrogens is 4. The van der Waals surface area contributed by atoms with Crippen molar-refractivity contribution in [2.24, 2.45) is 0 Å². The lowest BCUT2D eigenvalue weighted by atomic mass is 10.1. The molecule has 0 radical (unpaired) electrons. The van der Waals surface area contributed by atoms with Crippen LogP contribution in [0.5, 0.6) is 5.75 Å². The molecule has 0 aliphatic carbocycles. The predicted octanol–water partition coefficient (Wildman–Crippen LogP) is 4.46. The van der Waals surface area contributed by atoms with Crippen LogP contribution >= 0.6 is 12.2 Å². The lowest BCUT2D eigenvalue weighted by Gasteiger charge is -2.11. The summed E-state index contributed by atoms with van der Waals surface area (Å²) in [7, 11) is 1.61. The van der Waals surface area contributed by atoms with E-state index in [4.69, 9.17) is 17.0 Å². The molecule has 31 heavy (non-hydrogen) atoms. The van der Waals surface area contributed by atoms with Crippen LogP contribution < -0.4 is 10.1 Å². The molecule has 2 aromatic heterocycles. The number of hydrogen-bond acceptors (Lipinski definition) is 4. The van der Waals surface area contributed by atoms with Gasteiger partial charge >= 0.3 is 0 Å². The number of para-hydroxylation sites is 2. The van der Waals surface area contributed by atoms with Gasteiger partial charge in [0, 0.05) is 18.1 Å². The Labute approximate surface area is 185 Å². The van der Waals surface area contributed by atoms with Crippen molar-refractivity contribution in [3.63, 3.8) is 0 Å². The monoisotopic (exact) mass is 433 g/mol. The average Bonchev–Trinajstić information content (AvgIpc) is 3.39. The molecule has 0 unspecified atom stereocenters. The van der Waals surface area contributed by atoms with Crippen molar-refractivity contribution >= 4 is 23.8 Å². The Hall–Kier alpha value is -3.65. The molecule has 7 nitrogen and oxygen atoms in total. The zero-order chi connectivity index (χ0) is 22.0. The van der Waals surface area contributed by atoms with Crippen molar-refractivity contribution < 1.29 is 9.53 Å². The van der Waals surface area contributed by atoms with E-state index in [-0.39, 0.29) is 12.5 Å². The van der Waals surface area contributed by atoms with E-state index in [2.05, 4.69) is 10.4 Å². The number of aryl methyl sites for hydroxylation is 2. The Morgan fingerprint density at radius 3 is 2.39 bits per heavy atom. The van der Waals surface area contributed by atoms with Gasteiger partial charge in [-0.05, 0) is 61.5 Å². The zero-order valence-corrected chi connectivity index (χ0v) is 18.4. The van der Waals surface area contributed by atoms with Crippen LogP contribution in [0.2, 0.25) is 0 Å². The average molecular weight is 434 g/mol. The SMILES string of the molecule is COc1ccccc1-c1nn(CC(=O)Nc2c(C)cccc2C)c(=S)n1-n1cccc1. The van der Waals surface area contributed by atoms with E-state index in [0.717, 1.165) is 22.4 Å². The highest BCUT2D eigenvalue weighted by Crippen LogP contribution is 2.29. The molecule has 0 aliphatic rings. The number of ether oxygens (including phenoxy) is 1. The first-order valence-electron chi connectivity index (χ1n) is 9.82. The molecular formula is C23H23N5O2S. The molecule has 0 atom stereocenters. The van der Waals surface area contributed by atoms with Gasteiger partial charge in [-0.15, -0.1) is 5.10 Å². The fraction of sp³-hybridized carbons (Fsp3) is 0.174. The van der Waals surface area contributed by atoms with Gasteiger partial charge in [0.25, 0.3) is 0 Å². The summed E-state index contributed by atoms with van der Waals surface area (Å²) in [5, 5.41) is 7.68. The standard InChI is InChI=1S/C23H23N5O2S/c1-16-9-8-10-17(2)21(16)24-20(29)15-27-23(31)28(26-13-6-7-14-26)22(25-27)18-11-4-5-12-19(18)30-3/h4-14H,15H2,1-3H3,(H,24,29). The van der Waals surface area contributed by atoms with E-state index in [0.29, 0.717) is 16.3 Å². The van der Waals surface area contributed by atoms with Crippen molar-refractivity contribution in [3.05, 3.63) is 82.9 Å². The number of methoxy groups -OCH3 is 1. The number of nitrogens with one attached hydrogen (secondary N) is 1. The summed E-state index contributed by atoms with van der Waals surface area (Å²) in [4.78, 5) is 12.8. The van der Waals surface area contributed by atoms with Gasteiger partial charge in [-0.1, -0.05) is 30.3 Å². The second-order valence-electron chi connectivity index (χ2n) is 7.15. The number of benzene rings is 2. The van der Waals surface area contributed by atoms with Crippen LogP contribution in [0.1, 0.15) is 11.1 Å². The summed E-state index contributed by atoms with van der Waals surface area (Å²) >= 11 is 5.70. The highest BCUT2D eigenvalue weighted by Gasteiger charge is 2.19. The first-order chi connectivity index (χ1) is 15.0. The fourth-order valence-corrected chi connectivity index (χ4v) is 3.78. The number of hydrogen-bond donors (Lipinski definition) is 1. The maximum Gasteiger partial charge on any atom is 0.246 e. The zero-order valence-electron chi connectivity index (χ0n) is 17.6. The number of anilines is 1. The smallest absolute Gasteiger partial charge is 0.246 e. The Balaban J connectivity index is 1.74. The van der Waals surface area contributed by atoms with Gasteiger partial charge in [0.05, 0.1) is 12.7 Å². The van der Waals surface area contributed by atoms with E-state index < -0.39 is 0 Å². The molecule has 1 amide bonds. The van der Waals surface area contributed by atoms with Crippen molar-refractivity contribution in [1.29, 1.82) is 0 Å². The normalized spacial score (nSPS) is 10.8. The molecule has 158 valence electrons. The lowest BCUT2D eigenvalue weighted by molar-refractivity contribution is -0.116. The Morgan fingerprint density at radius 2 is 1.71 bits per heavy atom. The summed E-state index contributed by atoms with van der Waals surface area (Å²) in [6.45, 7) is 3.92. The lowest BCUT2D eigenvalue weighted by Crippen LogP contribution is -2.21. The third-order valence-electron chi connectivity index (χ3n) is 5.02. The van der Waals surface area contributed by atoms with Crippen LogP contribution in [0.3, 0.4) is 0 Å². The molecule has 0 fully saturated rings. The molecule has 0 saturated carbocycles. The van der Waals surface area contributed by atoms with E-state index in [1.807, 2.05) is 85.5 Å². The molecule has 0 aliphatic heterocycles. The fourth-order valence-electron chi connectivity index (χ4n) is 3.49. The molecule has 4 aromatic rings. The molecule has 4 rings (SSSR count). The maximum atomic E-state index is 12.8. The molecule has 0 saturated heterocycles. The van der Waals surface area contributed by atoms with Crippen LogP contribution in [0.4, 0.5) is 5.69 Å². The van der Waals surface area contributed by atoms with Crippen molar-refractivity contribution in [2.45, 2.75) is 20.4 Å². The van der Waals surface area contributed by atoms with Crippen LogP contribution in [-0.4, -0.2) is 32.1 Å². The van der Waals surface area contributed by atoms with Crippen LogP contribution in [-0.2, 0) is 11.3 Å². The molecular weight excluding hydrogens is 410 g/mol. The van der Waals surface area contributed by atoms with Gasteiger partial charge in [0.1, 0.15) is 12.3 Å². The number of rotatable bonds is 6. The molecule has 0 bridgehead atoms. The molecule has 1 N–H and O–H groups in total. The van der Waals surface area contributed by atoms with Gasteiger partial charge in [-0.25, -0.2) is 9.36 Å². The van der Waals surface area contributed by atoms with Gasteiger partial charge in [0.2, 0.25) is 10.7 Å². The Bertz CT molecular complexity index is 1270. The summed E-state index contributed by atoms with van der Waals surface area (Å²) < 4.78 is 11.1. The van der Waals surface area contributed by atoms with E-state index in [9.17, 15) is 4.79 Å². The quantitative estimate of drug-likeness (QED) is 0.456. The minimum Gasteiger partial charge on any atom is -0.496 e. The summed E-state index contributed by atoms with van der Waals surface area (Å²) in [6.07, 6.45) is 3.75. The van der Waals surface area contributed by atoms with Gasteiger partial charge in [-0.2, -0.15) is 0 Å². The third kappa shape index (κ3) is 4.02. The third-order valence-corrected chi connectivity index (χ3v) is 5.41. The molecule has 2 aromatic carbocycles. The van der Waals surface area contributed by atoms with Crippen molar-refractivity contribution in [1.82, 2.24) is 19.1 Å². The number of nitrogens with zero attached hydrogens (tertiary/aromatic N) is 4. The molecule has 8 heteroatoms. The number of carbonyl (C=O) groups excluding carboxylic acids is 1. The Kier molecular flexibility index (Phi) is 5.73. The number of carbonyl (C=O) groups is 1. The summed E-state index contributed by atoms with van der Waals surface area (Å²) in [5.74, 6) is 1.05. The van der Waals surface area contributed by atoms with E-state index in [1.165, 1.54) is 4.68 Å². The molecule has 0 spiro atoms. The number of amides is 1. The van der Waals surface area contributed by atoms with Crippen LogP contribution in [0, 0.1) is 18.6 Å². The Morgan fingerprint density at radius 1 is 1.03 bits per heavy atom. The second kappa shape index (κ2) is 8.61. The summed E-state index contributed by atoms with van der Waals surface area (Å²) in [5.41, 5.74) is 3.60. The molecule has 2 heterocycles. The first kappa shape index (κ1) is 20.6. The van der Waals surface area contributed by atoms with Gasteiger partial charge < -0.3 is 10.1 Å². The first-order valence-corrected chi connectivity index (χ1v) is 10.2. The van der Waals surface area contributed by atoms with Crippen LogP contribution in [0.25, 0.3) is 11.4 Å². The minimum atomic E-state index is -0.197. The van der Waals surface area contributed by atoms with E-state index in [1.54, 1.807) is 11.8 Å². The summed E-state index contributed by atoms with van der Waals surface area (Å²) in [6, 6.07) is 17.3. The van der Waals surface area contributed by atoms with E-state index >= 15 is 0 Å². The topological polar surface area (TPSA) is 66.0 Å². The maximum absolute atomic E-state index is 12.8. The highest BCUT2D eigenvalue weighted by atomic mass is 32.1. The second-order valence-corrected chi connectivity index (χ2v) is 7.52. The minimum absolute atomic E-state index is 0.0109. The predicted molar refractivity (Wildman–Crippen MR) is 123 cm³/mol. The van der Waals surface area contributed by atoms with Gasteiger partial charge in [-0.3, -0.25) is 9.47 Å². The van der Waals surface area contributed by atoms with Crippen molar-refractivity contribution in [2.75, 3.05) is 12.4 Å². The largest absolute Gasteiger partial charge is 0.496 e. The van der Waals surface area contributed by atoms with Crippen molar-refractivity contribution in [3.8, 4) is 17.1 Å².